The molecule has 2 rings (SSSR count). The molecule has 1 fully saturated rings. The lowest BCUT2D eigenvalue weighted by molar-refractivity contribution is -0.140. The van der Waals surface area contributed by atoms with E-state index in [2.05, 4.69) is 4.72 Å². The van der Waals surface area contributed by atoms with E-state index in [4.69, 9.17) is 4.74 Å². The van der Waals surface area contributed by atoms with E-state index in [1.165, 1.54) is 7.11 Å². The maximum atomic E-state index is 11.8. The Hall–Kier alpha value is -1.60. The number of methoxy groups -OCH3 is 1. The maximum Gasteiger partial charge on any atom is 0.314 e. The van der Waals surface area contributed by atoms with Crippen molar-refractivity contribution in [1.29, 1.82) is 0 Å². The van der Waals surface area contributed by atoms with E-state index in [1.807, 2.05) is 0 Å². The van der Waals surface area contributed by atoms with E-state index >= 15 is 0 Å². The molecule has 0 heterocycles. The second-order valence-corrected chi connectivity index (χ2v) is 7.07. The van der Waals surface area contributed by atoms with Crippen molar-refractivity contribution >= 4 is 21.7 Å². The summed E-state index contributed by atoms with van der Waals surface area (Å²) in [5.74, 6) is -0.836. The average molecular weight is 313 g/mol. The van der Waals surface area contributed by atoms with Gasteiger partial charge in [-0.15, -0.1) is 0 Å². The van der Waals surface area contributed by atoms with E-state index in [1.54, 1.807) is 24.3 Å². The monoisotopic (exact) mass is 313 g/mol. The molecule has 0 aromatic heterocycles. The Balaban J connectivity index is 2.01. The maximum absolute atomic E-state index is 11.8. The molecule has 1 aliphatic carbocycles. The van der Waals surface area contributed by atoms with E-state index in [-0.39, 0.29) is 5.75 Å². The Kier molecular flexibility index (Phi) is 4.53. The molecule has 0 atom stereocenters. The number of nitrogens with one attached hydrogen (secondary N) is 1. The molecule has 21 heavy (non-hydrogen) atoms. The molecule has 1 aromatic carbocycles. The zero-order valence-corrected chi connectivity index (χ0v) is 12.6. The Morgan fingerprint density at radius 2 is 1.95 bits per heavy atom. The van der Waals surface area contributed by atoms with Gasteiger partial charge in [0.15, 0.2) is 0 Å². The molecule has 0 unspecified atom stereocenters. The highest BCUT2D eigenvalue weighted by Crippen LogP contribution is 2.48. The summed E-state index contributed by atoms with van der Waals surface area (Å²) in [4.78, 5) is 11.2. The van der Waals surface area contributed by atoms with Crippen molar-refractivity contribution in [2.24, 2.45) is 0 Å². The van der Waals surface area contributed by atoms with E-state index in [9.17, 15) is 18.3 Å². The van der Waals surface area contributed by atoms with Gasteiger partial charge in [-0.2, -0.15) is 0 Å². The third-order valence-corrected chi connectivity index (χ3v) is 5.00. The first-order chi connectivity index (χ1) is 9.89. The number of rotatable bonds is 8. The predicted octanol–water partition coefficient (Wildman–Crippen LogP) is 1.58. The van der Waals surface area contributed by atoms with Gasteiger partial charge in [0.25, 0.3) is 0 Å². The van der Waals surface area contributed by atoms with Crippen LogP contribution in [0, 0.1) is 0 Å². The molecule has 0 spiro atoms. The Labute approximate surface area is 124 Å². The predicted molar refractivity (Wildman–Crippen MR) is 78.9 cm³/mol. The number of hydrogen-bond donors (Lipinski definition) is 2. The van der Waals surface area contributed by atoms with Gasteiger partial charge in [-0.3, -0.25) is 9.52 Å². The van der Waals surface area contributed by atoms with Crippen LogP contribution in [0.25, 0.3) is 0 Å². The van der Waals surface area contributed by atoms with Crippen molar-refractivity contribution in [1.82, 2.24) is 0 Å². The van der Waals surface area contributed by atoms with Crippen LogP contribution in [-0.4, -0.2) is 39.0 Å². The molecule has 1 aliphatic rings. The van der Waals surface area contributed by atoms with Crippen LogP contribution in [0.4, 0.5) is 5.69 Å². The summed E-state index contributed by atoms with van der Waals surface area (Å²) in [6.45, 7) is 0.390. The van der Waals surface area contributed by atoms with Crippen LogP contribution < -0.4 is 4.72 Å². The summed E-state index contributed by atoms with van der Waals surface area (Å²) < 4.78 is 30.9. The lowest BCUT2D eigenvalue weighted by atomic mass is 9.96. The number of carbonyl (C=O) groups is 1. The molecule has 7 heteroatoms. The molecule has 2 N–H and O–H groups in total. The minimum atomic E-state index is -3.40. The molecule has 0 radical (unpaired) electrons. The van der Waals surface area contributed by atoms with Gasteiger partial charge in [0.05, 0.1) is 11.2 Å². The first kappa shape index (κ1) is 15.8. The summed E-state index contributed by atoms with van der Waals surface area (Å²) in [7, 11) is -1.88. The van der Waals surface area contributed by atoms with Crippen LogP contribution in [0.5, 0.6) is 0 Å². The van der Waals surface area contributed by atoms with Gasteiger partial charge in [-0.25, -0.2) is 8.42 Å². The van der Waals surface area contributed by atoms with Crippen LogP contribution in [0.15, 0.2) is 24.3 Å². The summed E-state index contributed by atoms with van der Waals surface area (Å²) >= 11 is 0. The van der Waals surface area contributed by atoms with Crippen molar-refractivity contribution < 1.29 is 23.1 Å². The summed E-state index contributed by atoms with van der Waals surface area (Å²) in [5.41, 5.74) is 0.394. The van der Waals surface area contributed by atoms with Crippen molar-refractivity contribution in [3.8, 4) is 0 Å². The number of anilines is 1. The fourth-order valence-electron chi connectivity index (χ4n) is 2.23. The SMILES string of the molecule is COCCCS(=O)(=O)Nc1ccc(C2(C(=O)O)CC2)cc1. The third-order valence-electron chi connectivity index (χ3n) is 3.63. The molecule has 0 bridgehead atoms. The van der Waals surface area contributed by atoms with Crippen molar-refractivity contribution in [2.75, 3.05) is 24.2 Å². The Bertz CT molecular complexity index is 605. The molecule has 0 saturated heterocycles. The van der Waals surface area contributed by atoms with Crippen molar-refractivity contribution in [2.45, 2.75) is 24.7 Å². The van der Waals surface area contributed by atoms with Crippen molar-refractivity contribution in [3.63, 3.8) is 0 Å². The molecule has 6 nitrogen and oxygen atoms in total. The Morgan fingerprint density at radius 1 is 1.33 bits per heavy atom. The van der Waals surface area contributed by atoms with Crippen LogP contribution in [-0.2, 0) is 25.0 Å². The molecule has 0 amide bonds. The minimum absolute atomic E-state index is 0.0122. The number of ether oxygens (including phenoxy) is 1. The lowest BCUT2D eigenvalue weighted by Crippen LogP contribution is -2.20. The highest BCUT2D eigenvalue weighted by Gasteiger charge is 2.51. The quantitative estimate of drug-likeness (QED) is 0.711. The second kappa shape index (κ2) is 6.03. The van der Waals surface area contributed by atoms with Crippen LogP contribution in [0.2, 0.25) is 0 Å². The molecule has 1 saturated carbocycles. The average Bonchev–Trinajstić information content (AvgIpc) is 3.21. The summed E-state index contributed by atoms with van der Waals surface area (Å²) in [5, 5.41) is 9.21. The number of aliphatic carboxylic acids is 1. The molecular weight excluding hydrogens is 294 g/mol. The van der Waals surface area contributed by atoms with Gasteiger partial charge in [-0.1, -0.05) is 12.1 Å². The first-order valence-electron chi connectivity index (χ1n) is 6.73. The fraction of sp³-hybridized carbons (Fsp3) is 0.500. The number of carboxylic acid groups (broad SMARTS) is 1. The third kappa shape index (κ3) is 3.74. The zero-order valence-electron chi connectivity index (χ0n) is 11.8. The number of benzene rings is 1. The van der Waals surface area contributed by atoms with Crippen molar-refractivity contribution in [3.05, 3.63) is 29.8 Å². The standard InChI is InChI=1S/C14H19NO5S/c1-20-9-2-10-21(18,19)15-12-5-3-11(4-6-12)14(7-8-14)13(16)17/h3-6,15H,2,7-10H2,1H3,(H,16,17). The van der Waals surface area contributed by atoms with Crippen LogP contribution >= 0.6 is 0 Å². The number of carboxylic acids is 1. The topological polar surface area (TPSA) is 92.7 Å². The van der Waals surface area contributed by atoms with E-state index in [0.29, 0.717) is 31.6 Å². The molecule has 1 aromatic rings. The van der Waals surface area contributed by atoms with Gasteiger partial charge in [0.1, 0.15) is 0 Å². The van der Waals surface area contributed by atoms with Crippen LogP contribution in [0.1, 0.15) is 24.8 Å². The number of sulfonamides is 1. The highest BCUT2D eigenvalue weighted by atomic mass is 32.2. The zero-order chi connectivity index (χ0) is 15.5. The van der Waals surface area contributed by atoms with E-state index in [0.717, 1.165) is 5.56 Å². The summed E-state index contributed by atoms with van der Waals surface area (Å²) in [6.07, 6.45) is 1.68. The van der Waals surface area contributed by atoms with Gasteiger partial charge in [-0.05, 0) is 37.0 Å². The molecular formula is C14H19NO5S. The smallest absolute Gasteiger partial charge is 0.314 e. The highest BCUT2D eigenvalue weighted by molar-refractivity contribution is 7.92. The Morgan fingerprint density at radius 3 is 2.43 bits per heavy atom. The molecule has 0 aliphatic heterocycles. The fourth-order valence-corrected chi connectivity index (χ4v) is 3.33. The van der Waals surface area contributed by atoms with Gasteiger partial charge in [0.2, 0.25) is 10.0 Å². The second-order valence-electron chi connectivity index (χ2n) is 5.23. The molecule has 116 valence electrons. The normalized spacial score (nSPS) is 16.4. The first-order valence-corrected chi connectivity index (χ1v) is 8.38. The largest absolute Gasteiger partial charge is 0.481 e. The minimum Gasteiger partial charge on any atom is -0.481 e. The van der Waals surface area contributed by atoms with Crippen LogP contribution in [0.3, 0.4) is 0 Å². The number of hydrogen-bond acceptors (Lipinski definition) is 4. The summed E-state index contributed by atoms with van der Waals surface area (Å²) in [6, 6.07) is 6.56. The van der Waals surface area contributed by atoms with Gasteiger partial charge >= 0.3 is 5.97 Å². The van der Waals surface area contributed by atoms with Gasteiger partial charge < -0.3 is 9.84 Å². The van der Waals surface area contributed by atoms with Gasteiger partial charge in [0, 0.05) is 19.4 Å². The van der Waals surface area contributed by atoms with E-state index < -0.39 is 21.4 Å². The lowest BCUT2D eigenvalue weighted by Gasteiger charge is -2.12.